The molecule has 0 bridgehead atoms. The lowest BCUT2D eigenvalue weighted by Crippen LogP contribution is -2.39. The van der Waals surface area contributed by atoms with Crippen LogP contribution in [0.15, 0.2) is 6.20 Å². The van der Waals surface area contributed by atoms with E-state index in [1.165, 1.54) is 0 Å². The molecule has 2 rings (SSSR count). The van der Waals surface area contributed by atoms with Crippen molar-refractivity contribution in [3.05, 3.63) is 21.9 Å². The summed E-state index contributed by atoms with van der Waals surface area (Å²) in [5.41, 5.74) is 1.06. The number of amides is 1. The topological polar surface area (TPSA) is 45.7 Å². The Kier molecular flexibility index (Phi) is 5.63. The highest BCUT2D eigenvalue weighted by Gasteiger charge is 2.26. The Morgan fingerprint density at radius 3 is 2.57 bits per heavy atom. The van der Waals surface area contributed by atoms with Crippen molar-refractivity contribution in [2.75, 3.05) is 31.1 Å². The van der Waals surface area contributed by atoms with Gasteiger partial charge in [-0.05, 0) is 34.1 Å². The molecule has 1 saturated heterocycles. The number of nitrogens with zero attached hydrogens (tertiary/aromatic N) is 3. The Morgan fingerprint density at radius 1 is 1.22 bits per heavy atom. The van der Waals surface area contributed by atoms with E-state index in [-0.39, 0.29) is 6.09 Å². The van der Waals surface area contributed by atoms with Crippen LogP contribution in [0.5, 0.6) is 0 Å². The van der Waals surface area contributed by atoms with Gasteiger partial charge in [0.2, 0.25) is 0 Å². The summed E-state index contributed by atoms with van der Waals surface area (Å²) < 4.78 is 5.45. The van der Waals surface area contributed by atoms with E-state index in [0.717, 1.165) is 24.3 Å². The summed E-state index contributed by atoms with van der Waals surface area (Å²) in [6, 6.07) is 0. The zero-order valence-electron chi connectivity index (χ0n) is 14.0. The molecule has 5 nitrogen and oxygen atoms in total. The van der Waals surface area contributed by atoms with Crippen LogP contribution in [0, 0.1) is 6.92 Å². The van der Waals surface area contributed by atoms with Gasteiger partial charge in [-0.3, -0.25) is 4.98 Å². The second-order valence-corrected chi connectivity index (χ2v) is 7.45. The largest absolute Gasteiger partial charge is 0.444 e. The minimum atomic E-state index is -0.488. The van der Waals surface area contributed by atoms with Gasteiger partial charge in [-0.1, -0.05) is 23.2 Å². The quantitative estimate of drug-likeness (QED) is 0.755. The molecule has 1 aromatic rings. The summed E-state index contributed by atoms with van der Waals surface area (Å²) in [5, 5.41) is 1.11. The van der Waals surface area contributed by atoms with Crippen LogP contribution in [0.1, 0.15) is 32.9 Å². The fourth-order valence-corrected chi connectivity index (χ4v) is 3.07. The van der Waals surface area contributed by atoms with E-state index in [1.54, 1.807) is 11.1 Å². The molecule has 2 heterocycles. The third kappa shape index (κ3) is 4.64. The van der Waals surface area contributed by atoms with Crippen molar-refractivity contribution in [2.45, 2.75) is 39.7 Å². The maximum absolute atomic E-state index is 12.2. The molecule has 1 aliphatic rings. The summed E-state index contributed by atoms with van der Waals surface area (Å²) in [5.74, 6) is 0. The van der Waals surface area contributed by atoms with Gasteiger partial charge in [0.05, 0.1) is 21.4 Å². The molecule has 7 heteroatoms. The van der Waals surface area contributed by atoms with Crippen molar-refractivity contribution >= 4 is 35.0 Å². The van der Waals surface area contributed by atoms with Gasteiger partial charge >= 0.3 is 6.09 Å². The van der Waals surface area contributed by atoms with Gasteiger partial charge in [0, 0.05) is 32.4 Å². The smallest absolute Gasteiger partial charge is 0.410 e. The predicted octanol–water partition coefficient (Wildman–Crippen LogP) is 4.14. The highest BCUT2D eigenvalue weighted by atomic mass is 35.5. The van der Waals surface area contributed by atoms with Gasteiger partial charge in [-0.15, -0.1) is 0 Å². The van der Waals surface area contributed by atoms with Crippen molar-refractivity contribution in [3.63, 3.8) is 0 Å². The molecule has 1 aliphatic heterocycles. The maximum atomic E-state index is 12.2. The van der Waals surface area contributed by atoms with Crippen LogP contribution in [0.25, 0.3) is 0 Å². The second-order valence-electron chi connectivity index (χ2n) is 6.66. The first-order valence-corrected chi connectivity index (χ1v) is 8.48. The van der Waals surface area contributed by atoms with Crippen molar-refractivity contribution in [1.29, 1.82) is 0 Å². The van der Waals surface area contributed by atoms with E-state index < -0.39 is 5.60 Å². The fraction of sp³-hybridized carbons (Fsp3) is 0.625. The molecule has 1 fully saturated rings. The van der Waals surface area contributed by atoms with Crippen LogP contribution >= 0.6 is 23.2 Å². The van der Waals surface area contributed by atoms with Crippen LogP contribution in [0.3, 0.4) is 0 Å². The van der Waals surface area contributed by atoms with Crippen LogP contribution in [0.2, 0.25) is 10.0 Å². The van der Waals surface area contributed by atoms with E-state index in [4.69, 9.17) is 27.9 Å². The van der Waals surface area contributed by atoms with Gasteiger partial charge in [0.1, 0.15) is 5.60 Å². The molecule has 1 aromatic heterocycles. The maximum Gasteiger partial charge on any atom is 0.410 e. The van der Waals surface area contributed by atoms with E-state index in [0.29, 0.717) is 29.7 Å². The number of hydrogen-bond donors (Lipinski definition) is 0. The average Bonchev–Trinajstić information content (AvgIpc) is 2.68. The van der Waals surface area contributed by atoms with E-state index >= 15 is 0 Å². The predicted molar refractivity (Wildman–Crippen MR) is 93.6 cm³/mol. The number of anilines is 1. The number of carbonyl (C=O) groups excluding carboxylic acids is 1. The Morgan fingerprint density at radius 2 is 1.91 bits per heavy atom. The number of aryl methyl sites for hydroxylation is 1. The zero-order chi connectivity index (χ0) is 17.2. The lowest BCUT2D eigenvalue weighted by molar-refractivity contribution is 0.0263. The lowest BCUT2D eigenvalue weighted by Gasteiger charge is -2.27. The Bertz CT molecular complexity index is 587. The van der Waals surface area contributed by atoms with Crippen LogP contribution in [-0.2, 0) is 4.74 Å². The van der Waals surface area contributed by atoms with Gasteiger partial charge in [-0.2, -0.15) is 0 Å². The number of pyridine rings is 1. The number of ether oxygens (including phenoxy) is 1. The molecule has 0 aliphatic carbocycles. The van der Waals surface area contributed by atoms with Gasteiger partial charge in [-0.25, -0.2) is 4.79 Å². The molecule has 1 amide bonds. The number of halogens is 2. The molecule has 0 atom stereocenters. The summed E-state index contributed by atoms with van der Waals surface area (Å²) >= 11 is 12.7. The number of hydrogen-bond acceptors (Lipinski definition) is 4. The summed E-state index contributed by atoms with van der Waals surface area (Å²) in [4.78, 5) is 20.2. The molecule has 23 heavy (non-hydrogen) atoms. The summed E-state index contributed by atoms with van der Waals surface area (Å²) in [7, 11) is 0. The van der Waals surface area contributed by atoms with Gasteiger partial charge in [0.25, 0.3) is 0 Å². The first-order chi connectivity index (χ1) is 10.7. The van der Waals surface area contributed by atoms with Gasteiger partial charge < -0.3 is 14.5 Å². The van der Waals surface area contributed by atoms with E-state index in [9.17, 15) is 4.79 Å². The van der Waals surface area contributed by atoms with E-state index in [1.807, 2.05) is 27.7 Å². The molecule has 0 radical (unpaired) electrons. The summed E-state index contributed by atoms with van der Waals surface area (Å²) in [6.45, 7) is 10.1. The third-order valence-electron chi connectivity index (χ3n) is 3.59. The molecule has 0 spiro atoms. The molecule has 0 N–H and O–H groups in total. The van der Waals surface area contributed by atoms with Crippen LogP contribution < -0.4 is 4.90 Å². The normalized spacial score (nSPS) is 16.3. The molecular formula is C16H23Cl2N3O2. The minimum Gasteiger partial charge on any atom is -0.444 e. The van der Waals surface area contributed by atoms with Crippen molar-refractivity contribution in [1.82, 2.24) is 9.88 Å². The molecule has 128 valence electrons. The zero-order valence-corrected chi connectivity index (χ0v) is 15.5. The third-order valence-corrected chi connectivity index (χ3v) is 4.32. The Labute approximate surface area is 147 Å². The first kappa shape index (κ1) is 18.1. The van der Waals surface area contributed by atoms with Crippen LogP contribution in [0.4, 0.5) is 10.5 Å². The molecular weight excluding hydrogens is 337 g/mol. The van der Waals surface area contributed by atoms with Crippen LogP contribution in [-0.4, -0.2) is 47.8 Å². The highest BCUT2D eigenvalue weighted by molar-refractivity contribution is 6.39. The van der Waals surface area contributed by atoms with Crippen molar-refractivity contribution < 1.29 is 9.53 Å². The fourth-order valence-electron chi connectivity index (χ4n) is 2.49. The number of aromatic nitrogens is 1. The number of carbonyl (C=O) groups is 1. The second kappa shape index (κ2) is 7.14. The van der Waals surface area contributed by atoms with E-state index in [2.05, 4.69) is 9.88 Å². The molecule has 0 aromatic carbocycles. The van der Waals surface area contributed by atoms with Gasteiger partial charge in [0.15, 0.2) is 0 Å². The Hall–Kier alpha value is -1.20. The monoisotopic (exact) mass is 359 g/mol. The first-order valence-electron chi connectivity index (χ1n) is 7.72. The van der Waals surface area contributed by atoms with Crippen molar-refractivity contribution in [2.24, 2.45) is 0 Å². The highest BCUT2D eigenvalue weighted by Crippen LogP contribution is 2.35. The number of rotatable bonds is 1. The standard InChI is InChI=1S/C16H23Cl2N3O2/c1-11-13(18)14(12(17)10-19-11)20-6-5-7-21(9-8-20)15(22)23-16(2,3)4/h10H,5-9H2,1-4H3. The van der Waals surface area contributed by atoms with Crippen molar-refractivity contribution in [3.8, 4) is 0 Å². The summed E-state index contributed by atoms with van der Waals surface area (Å²) in [6.07, 6.45) is 2.17. The molecule has 0 unspecified atom stereocenters. The molecule has 0 saturated carbocycles. The Balaban J connectivity index is 2.10. The minimum absolute atomic E-state index is 0.276. The average molecular weight is 360 g/mol. The SMILES string of the molecule is Cc1ncc(Cl)c(N2CCCN(C(=O)OC(C)(C)C)CC2)c1Cl. The lowest BCUT2D eigenvalue weighted by atomic mass is 10.2.